The molecular weight excluding hydrogens is 416 g/mol. The second-order valence-corrected chi connectivity index (χ2v) is 8.38. The Labute approximate surface area is 191 Å². The average molecular weight is 441 g/mol. The van der Waals surface area contributed by atoms with E-state index in [4.69, 9.17) is 4.98 Å². The van der Waals surface area contributed by atoms with Crippen molar-refractivity contribution in [3.8, 4) is 23.1 Å². The summed E-state index contributed by atoms with van der Waals surface area (Å²) < 4.78 is 1.90. The molecule has 33 heavy (non-hydrogen) atoms. The van der Waals surface area contributed by atoms with Gasteiger partial charge in [0.1, 0.15) is 18.2 Å². The number of aromatic nitrogens is 5. The van der Waals surface area contributed by atoms with Gasteiger partial charge in [0, 0.05) is 43.1 Å². The number of piperazine rings is 1. The molecule has 4 heterocycles. The van der Waals surface area contributed by atoms with Gasteiger partial charge in [-0.2, -0.15) is 10.4 Å². The molecule has 4 aromatic rings. The van der Waals surface area contributed by atoms with Crippen LogP contribution in [0.4, 0.5) is 5.69 Å². The third-order valence-electron chi connectivity index (χ3n) is 6.20. The number of benzene rings is 1. The van der Waals surface area contributed by atoms with Gasteiger partial charge in [0.25, 0.3) is 0 Å². The number of Topliss-reactive ketones (excluding diaryl/α,β-unsaturated/α-hetero) is 1. The Morgan fingerprint density at radius 1 is 1.15 bits per heavy atom. The molecule has 0 radical (unpaired) electrons. The molecule has 0 spiro atoms. The van der Waals surface area contributed by atoms with E-state index in [0.717, 1.165) is 42.9 Å². The number of nitrogens with one attached hydrogen (secondary N) is 1. The summed E-state index contributed by atoms with van der Waals surface area (Å²) in [7, 11) is 2.14. The van der Waals surface area contributed by atoms with Crippen molar-refractivity contribution in [2.45, 2.75) is 13.8 Å². The second-order valence-electron chi connectivity index (χ2n) is 8.38. The van der Waals surface area contributed by atoms with Gasteiger partial charge in [0.15, 0.2) is 11.5 Å². The molecule has 0 unspecified atom stereocenters. The molecule has 1 saturated heterocycles. The highest BCUT2D eigenvalue weighted by atomic mass is 16.1. The average Bonchev–Trinajstić information content (AvgIpc) is 3.41. The van der Waals surface area contributed by atoms with Crippen LogP contribution < -0.4 is 4.90 Å². The van der Waals surface area contributed by atoms with Crippen LogP contribution in [0.3, 0.4) is 0 Å². The van der Waals surface area contributed by atoms with Crippen molar-refractivity contribution in [3.63, 3.8) is 0 Å². The Balaban J connectivity index is 1.58. The van der Waals surface area contributed by atoms with Crippen molar-refractivity contribution in [2.75, 3.05) is 38.1 Å². The topological polar surface area (TPSA) is 107 Å². The number of carbonyl (C=O) groups is 1. The molecule has 0 saturated carbocycles. The van der Waals surface area contributed by atoms with Gasteiger partial charge in [-0.3, -0.25) is 14.5 Å². The number of ketones is 1. The van der Waals surface area contributed by atoms with Gasteiger partial charge in [-0.15, -0.1) is 0 Å². The summed E-state index contributed by atoms with van der Waals surface area (Å²) in [5.41, 5.74) is 5.30. The van der Waals surface area contributed by atoms with Crippen LogP contribution in [0.15, 0.2) is 36.7 Å². The molecule has 1 N–H and O–H groups in total. The summed E-state index contributed by atoms with van der Waals surface area (Å²) >= 11 is 0. The third-order valence-corrected chi connectivity index (χ3v) is 6.20. The lowest BCUT2D eigenvalue weighted by molar-refractivity contribution is 0.101. The van der Waals surface area contributed by atoms with E-state index < -0.39 is 0 Å². The van der Waals surface area contributed by atoms with Crippen LogP contribution in [0, 0.1) is 18.3 Å². The molecule has 1 fully saturated rings. The first-order valence-corrected chi connectivity index (χ1v) is 10.8. The molecular formula is C24H24N8O. The van der Waals surface area contributed by atoms with E-state index in [1.54, 1.807) is 18.5 Å². The minimum Gasteiger partial charge on any atom is -0.369 e. The predicted molar refractivity (Wildman–Crippen MR) is 126 cm³/mol. The number of nitrogens with zero attached hydrogens (tertiary/aromatic N) is 7. The number of anilines is 1. The molecule has 9 nitrogen and oxygen atoms in total. The Bertz CT molecular complexity index is 1400. The maximum atomic E-state index is 12.3. The van der Waals surface area contributed by atoms with Crippen LogP contribution in [-0.4, -0.2) is 68.6 Å². The number of nitriles is 1. The first-order valence-electron chi connectivity index (χ1n) is 10.8. The number of fused-ring (bicyclic) bond motifs is 1. The van der Waals surface area contributed by atoms with Crippen molar-refractivity contribution in [2.24, 2.45) is 0 Å². The number of carbonyl (C=O) groups excluding carboxylic acids is 1. The zero-order valence-electron chi connectivity index (χ0n) is 18.8. The number of likely N-dealkylation sites (N-methyl/N-ethyl adjacent to an activating group) is 1. The van der Waals surface area contributed by atoms with Gasteiger partial charge in [0.05, 0.1) is 22.3 Å². The number of aromatic amines is 1. The fourth-order valence-electron chi connectivity index (χ4n) is 4.30. The number of pyridine rings is 1. The molecule has 0 amide bonds. The quantitative estimate of drug-likeness (QED) is 0.486. The van der Waals surface area contributed by atoms with E-state index in [-0.39, 0.29) is 11.5 Å². The summed E-state index contributed by atoms with van der Waals surface area (Å²) in [6.07, 6.45) is 1.74. The number of H-pyrrole nitrogens is 1. The fraction of sp³-hybridized carbons (Fsp3) is 0.292. The maximum Gasteiger partial charge on any atom is 0.171 e. The molecule has 0 atom stereocenters. The third kappa shape index (κ3) is 3.64. The molecule has 1 aliphatic heterocycles. The highest BCUT2D eigenvalue weighted by Crippen LogP contribution is 2.30. The largest absolute Gasteiger partial charge is 0.369 e. The molecule has 1 aromatic carbocycles. The zero-order valence-corrected chi connectivity index (χ0v) is 18.8. The van der Waals surface area contributed by atoms with Crippen LogP contribution in [0.5, 0.6) is 0 Å². The fourth-order valence-corrected chi connectivity index (χ4v) is 4.30. The normalized spacial score (nSPS) is 14.5. The molecule has 5 rings (SSSR count). The predicted octanol–water partition coefficient (Wildman–Crippen LogP) is 2.95. The van der Waals surface area contributed by atoms with Crippen molar-refractivity contribution in [3.05, 3.63) is 53.6 Å². The zero-order chi connectivity index (χ0) is 23.1. The van der Waals surface area contributed by atoms with E-state index in [1.807, 2.05) is 11.5 Å². The summed E-state index contributed by atoms with van der Waals surface area (Å²) in [6.45, 7) is 7.37. The van der Waals surface area contributed by atoms with Crippen LogP contribution in [0.25, 0.3) is 28.1 Å². The van der Waals surface area contributed by atoms with E-state index in [2.05, 4.69) is 56.3 Å². The summed E-state index contributed by atoms with van der Waals surface area (Å²) in [6, 6.07) is 11.9. The second kappa shape index (κ2) is 8.15. The Kier molecular flexibility index (Phi) is 5.15. The monoisotopic (exact) mass is 440 g/mol. The smallest absolute Gasteiger partial charge is 0.171 e. The summed E-state index contributed by atoms with van der Waals surface area (Å²) in [5.74, 6) is 0.496. The summed E-state index contributed by atoms with van der Waals surface area (Å²) in [4.78, 5) is 26.4. The Morgan fingerprint density at radius 3 is 2.67 bits per heavy atom. The first kappa shape index (κ1) is 20.8. The summed E-state index contributed by atoms with van der Waals surface area (Å²) in [5, 5.41) is 16.4. The molecule has 9 heteroatoms. The maximum absolute atomic E-state index is 12.3. The number of hydrogen-bond acceptors (Lipinski definition) is 7. The SMILES string of the molecule is CC(=O)c1ccc(-n2cnc3cc(N4CCN(C)CC4)ccc32)nc1-c1c(C#N)n[nH]c1C. The van der Waals surface area contributed by atoms with Crippen molar-refractivity contribution >= 4 is 22.5 Å². The van der Waals surface area contributed by atoms with E-state index in [9.17, 15) is 10.1 Å². The van der Waals surface area contributed by atoms with Crippen molar-refractivity contribution < 1.29 is 4.79 Å². The number of aryl methyl sites for hydroxylation is 1. The molecule has 0 aliphatic carbocycles. The van der Waals surface area contributed by atoms with E-state index >= 15 is 0 Å². The lowest BCUT2D eigenvalue weighted by Gasteiger charge is -2.34. The van der Waals surface area contributed by atoms with Gasteiger partial charge < -0.3 is 9.80 Å². The van der Waals surface area contributed by atoms with Gasteiger partial charge in [-0.1, -0.05) is 0 Å². The minimum atomic E-state index is -0.124. The van der Waals surface area contributed by atoms with Gasteiger partial charge in [-0.05, 0) is 51.2 Å². The number of rotatable bonds is 4. The molecule has 1 aliphatic rings. The highest BCUT2D eigenvalue weighted by molar-refractivity contribution is 6.00. The van der Waals surface area contributed by atoms with Gasteiger partial charge >= 0.3 is 0 Å². The molecule has 3 aromatic heterocycles. The van der Waals surface area contributed by atoms with Crippen LogP contribution in [-0.2, 0) is 0 Å². The lowest BCUT2D eigenvalue weighted by Crippen LogP contribution is -2.44. The first-order chi connectivity index (χ1) is 16.0. The Hall–Kier alpha value is -4.03. The molecule has 0 bridgehead atoms. The van der Waals surface area contributed by atoms with Crippen LogP contribution >= 0.6 is 0 Å². The standard InChI is InChI=1S/C24H24N8O/c1-15-23(20(13-25)29-28-15)24-18(16(2)33)5-7-22(27-24)32-14-26-19-12-17(4-6-21(19)32)31-10-8-30(3)9-11-31/h4-7,12,14H,8-11H2,1-3H3,(H,28,29). The number of imidazole rings is 1. The van der Waals surface area contributed by atoms with Gasteiger partial charge in [0.2, 0.25) is 0 Å². The van der Waals surface area contributed by atoms with Gasteiger partial charge in [-0.25, -0.2) is 9.97 Å². The highest BCUT2D eigenvalue weighted by Gasteiger charge is 2.21. The van der Waals surface area contributed by atoms with Crippen LogP contribution in [0.2, 0.25) is 0 Å². The van der Waals surface area contributed by atoms with Crippen LogP contribution in [0.1, 0.15) is 28.7 Å². The van der Waals surface area contributed by atoms with Crippen molar-refractivity contribution in [1.29, 1.82) is 5.26 Å². The number of hydrogen-bond donors (Lipinski definition) is 1. The molecule has 166 valence electrons. The van der Waals surface area contributed by atoms with E-state index in [0.29, 0.717) is 28.3 Å². The lowest BCUT2D eigenvalue weighted by atomic mass is 10.0. The van der Waals surface area contributed by atoms with Crippen molar-refractivity contribution in [1.82, 2.24) is 29.6 Å². The Morgan fingerprint density at radius 2 is 1.94 bits per heavy atom. The van der Waals surface area contributed by atoms with E-state index in [1.165, 1.54) is 6.92 Å². The minimum absolute atomic E-state index is 0.124.